The lowest BCUT2D eigenvalue weighted by Gasteiger charge is -2.47. The number of hydrogen-bond donors (Lipinski definition) is 0. The van der Waals surface area contributed by atoms with Crippen molar-refractivity contribution in [1.29, 1.82) is 5.26 Å². The second-order valence-corrected chi connectivity index (χ2v) is 11.8. The van der Waals surface area contributed by atoms with Gasteiger partial charge in [-0.05, 0) is 19.9 Å². The average Bonchev–Trinajstić information content (AvgIpc) is 3.38. The van der Waals surface area contributed by atoms with Gasteiger partial charge in [0.15, 0.2) is 5.65 Å². The Balaban J connectivity index is 1.73. The van der Waals surface area contributed by atoms with Gasteiger partial charge in [0.05, 0.1) is 35.9 Å². The third kappa shape index (κ3) is 3.40. The van der Waals surface area contributed by atoms with Gasteiger partial charge in [0, 0.05) is 36.4 Å². The molecule has 164 valence electrons. The molecule has 31 heavy (non-hydrogen) atoms. The summed E-state index contributed by atoms with van der Waals surface area (Å²) in [6, 6.07) is 3.76. The van der Waals surface area contributed by atoms with E-state index in [1.807, 2.05) is 0 Å². The molecule has 4 rings (SSSR count). The lowest BCUT2D eigenvalue weighted by atomic mass is 9.89. The minimum Gasteiger partial charge on any atom is -0.262 e. The summed E-state index contributed by atoms with van der Waals surface area (Å²) in [6.45, 7) is 3.48. The third-order valence-electron chi connectivity index (χ3n) is 5.56. The van der Waals surface area contributed by atoms with Crippen LogP contribution in [0.25, 0.3) is 22.3 Å². The topological polar surface area (TPSA) is 144 Å². The van der Waals surface area contributed by atoms with Gasteiger partial charge in [0.2, 0.25) is 20.0 Å². The van der Waals surface area contributed by atoms with Crippen LogP contribution < -0.4 is 0 Å². The summed E-state index contributed by atoms with van der Waals surface area (Å²) in [6.07, 6.45) is 6.13. The Morgan fingerprint density at radius 3 is 2.48 bits per heavy atom. The SMILES string of the molecule is CCS(=O)(=O)N1CC(CC#N)(n2cc(-c3ncnc4c3ccn4S(=O)(=O)CC)cn2)C1. The van der Waals surface area contributed by atoms with Gasteiger partial charge in [0.25, 0.3) is 0 Å². The zero-order valence-corrected chi connectivity index (χ0v) is 18.6. The van der Waals surface area contributed by atoms with E-state index in [1.54, 1.807) is 37.0 Å². The molecule has 0 radical (unpaired) electrons. The van der Waals surface area contributed by atoms with Gasteiger partial charge in [-0.15, -0.1) is 0 Å². The van der Waals surface area contributed by atoms with Crippen molar-refractivity contribution in [3.05, 3.63) is 31.0 Å². The zero-order chi connectivity index (χ0) is 22.4. The van der Waals surface area contributed by atoms with Gasteiger partial charge in [-0.3, -0.25) is 4.68 Å². The van der Waals surface area contributed by atoms with Crippen LogP contribution in [0.2, 0.25) is 0 Å². The molecule has 0 amide bonds. The maximum atomic E-state index is 12.3. The summed E-state index contributed by atoms with van der Waals surface area (Å²) >= 11 is 0. The molecule has 3 aromatic rings. The van der Waals surface area contributed by atoms with Crippen LogP contribution in [-0.2, 0) is 25.6 Å². The van der Waals surface area contributed by atoms with Crippen molar-refractivity contribution >= 4 is 31.1 Å². The van der Waals surface area contributed by atoms with E-state index in [2.05, 4.69) is 21.1 Å². The Bertz CT molecular complexity index is 1390. The quantitative estimate of drug-likeness (QED) is 0.500. The molecule has 0 aromatic carbocycles. The number of rotatable bonds is 7. The van der Waals surface area contributed by atoms with E-state index in [1.165, 1.54) is 16.8 Å². The first-order valence-corrected chi connectivity index (χ1v) is 12.8. The molecule has 0 unspecified atom stereocenters. The van der Waals surface area contributed by atoms with Crippen LogP contribution in [0, 0.1) is 11.3 Å². The fourth-order valence-corrected chi connectivity index (χ4v) is 5.87. The minimum atomic E-state index is -3.52. The third-order valence-corrected chi connectivity index (χ3v) is 8.96. The van der Waals surface area contributed by atoms with Crippen LogP contribution in [0.3, 0.4) is 0 Å². The van der Waals surface area contributed by atoms with Crippen molar-refractivity contribution < 1.29 is 16.8 Å². The Kier molecular flexibility index (Phi) is 5.11. The molecule has 11 nitrogen and oxygen atoms in total. The van der Waals surface area contributed by atoms with E-state index in [0.29, 0.717) is 16.6 Å². The molecule has 13 heteroatoms. The summed E-state index contributed by atoms with van der Waals surface area (Å²) in [7, 11) is -6.86. The summed E-state index contributed by atoms with van der Waals surface area (Å²) in [5.41, 5.74) is 0.646. The van der Waals surface area contributed by atoms with Crippen molar-refractivity contribution in [2.24, 2.45) is 0 Å². The number of fused-ring (bicyclic) bond motifs is 1. The second kappa shape index (κ2) is 7.40. The van der Waals surface area contributed by atoms with Crippen LogP contribution in [0.15, 0.2) is 31.0 Å². The van der Waals surface area contributed by atoms with E-state index in [0.717, 1.165) is 3.97 Å². The zero-order valence-electron chi connectivity index (χ0n) is 17.0. The molecule has 0 saturated carbocycles. The summed E-state index contributed by atoms with van der Waals surface area (Å²) < 4.78 is 53.0. The van der Waals surface area contributed by atoms with Gasteiger partial charge in [-0.1, -0.05) is 0 Å². The second-order valence-electron chi connectivity index (χ2n) is 7.37. The van der Waals surface area contributed by atoms with Crippen LogP contribution in [0.1, 0.15) is 20.3 Å². The van der Waals surface area contributed by atoms with Crippen molar-refractivity contribution in [1.82, 2.24) is 28.0 Å². The molecule has 1 aliphatic rings. The lowest BCUT2D eigenvalue weighted by molar-refractivity contribution is 0.0719. The largest absolute Gasteiger partial charge is 0.262 e. The van der Waals surface area contributed by atoms with Crippen molar-refractivity contribution in [3.63, 3.8) is 0 Å². The first kappa shape index (κ1) is 21.4. The van der Waals surface area contributed by atoms with Crippen LogP contribution in [0.5, 0.6) is 0 Å². The number of hydrogen-bond acceptors (Lipinski definition) is 8. The van der Waals surface area contributed by atoms with Crippen LogP contribution >= 0.6 is 0 Å². The van der Waals surface area contributed by atoms with Gasteiger partial charge < -0.3 is 0 Å². The Morgan fingerprint density at radius 1 is 1.13 bits per heavy atom. The van der Waals surface area contributed by atoms with E-state index in [9.17, 15) is 22.1 Å². The van der Waals surface area contributed by atoms with Gasteiger partial charge in [-0.2, -0.15) is 14.7 Å². The first-order chi connectivity index (χ1) is 14.7. The standard InChI is InChI=1S/C18H21N7O4S2/c1-3-30(26,27)23-11-18(12-23,6-7-19)25-10-14(9-22-25)16-15-5-8-24(31(28,29)4-2)17(15)21-13-20-16/h5,8-10,13H,3-4,6,11-12H2,1-2H3. The highest BCUT2D eigenvalue weighted by molar-refractivity contribution is 7.90. The Hall–Kier alpha value is -2.82. The average molecular weight is 464 g/mol. The molecule has 1 saturated heterocycles. The number of aromatic nitrogens is 5. The molecule has 3 aromatic heterocycles. The van der Waals surface area contributed by atoms with Crippen molar-refractivity contribution in [2.75, 3.05) is 24.6 Å². The van der Waals surface area contributed by atoms with Crippen LogP contribution in [-0.4, -0.2) is 69.5 Å². The molecule has 0 aliphatic carbocycles. The van der Waals surface area contributed by atoms with E-state index in [-0.39, 0.29) is 36.7 Å². The van der Waals surface area contributed by atoms with Crippen molar-refractivity contribution in [2.45, 2.75) is 25.8 Å². The summed E-state index contributed by atoms with van der Waals surface area (Å²) in [4.78, 5) is 8.44. The smallest absolute Gasteiger partial charge is 0.239 e. The molecule has 0 N–H and O–H groups in total. The lowest BCUT2D eigenvalue weighted by Crippen LogP contribution is -2.64. The van der Waals surface area contributed by atoms with Gasteiger partial charge in [0.1, 0.15) is 11.9 Å². The molecule has 4 heterocycles. The van der Waals surface area contributed by atoms with E-state index < -0.39 is 25.6 Å². The molecular formula is C18H21N7O4S2. The molecule has 1 fully saturated rings. The summed E-state index contributed by atoms with van der Waals surface area (Å²) in [5.74, 6) is -0.0710. The molecular weight excluding hydrogens is 442 g/mol. The highest BCUT2D eigenvalue weighted by atomic mass is 32.2. The van der Waals surface area contributed by atoms with Gasteiger partial charge in [-0.25, -0.2) is 30.8 Å². The highest BCUT2D eigenvalue weighted by Gasteiger charge is 2.49. The first-order valence-electron chi connectivity index (χ1n) is 9.63. The summed E-state index contributed by atoms with van der Waals surface area (Å²) in [5, 5.41) is 14.2. The highest BCUT2D eigenvalue weighted by Crippen LogP contribution is 2.36. The van der Waals surface area contributed by atoms with E-state index in [4.69, 9.17) is 0 Å². The monoisotopic (exact) mass is 463 g/mol. The fourth-order valence-electron chi connectivity index (χ4n) is 3.70. The van der Waals surface area contributed by atoms with Crippen molar-refractivity contribution in [3.8, 4) is 17.3 Å². The maximum absolute atomic E-state index is 12.3. The predicted molar refractivity (Wildman–Crippen MR) is 113 cm³/mol. The maximum Gasteiger partial charge on any atom is 0.239 e. The Morgan fingerprint density at radius 2 is 1.84 bits per heavy atom. The minimum absolute atomic E-state index is 0.00341. The van der Waals surface area contributed by atoms with Gasteiger partial charge >= 0.3 is 0 Å². The predicted octanol–water partition coefficient (Wildman–Crippen LogP) is 0.767. The molecule has 0 spiro atoms. The molecule has 1 aliphatic heterocycles. The molecule has 0 bridgehead atoms. The number of nitrogens with zero attached hydrogens (tertiary/aromatic N) is 7. The van der Waals surface area contributed by atoms with Crippen LogP contribution in [0.4, 0.5) is 0 Å². The number of nitriles is 1. The fraction of sp³-hybridized carbons (Fsp3) is 0.444. The normalized spacial score (nSPS) is 16.8. The number of sulfonamides is 1. The Labute approximate surface area is 180 Å². The van der Waals surface area contributed by atoms with E-state index >= 15 is 0 Å². The molecule has 0 atom stereocenters.